The number of nitrogens with one attached hydrogen (secondary N) is 2. The molecule has 28 heavy (non-hydrogen) atoms. The number of rotatable bonds is 6. The quantitative estimate of drug-likeness (QED) is 0.649. The van der Waals surface area contributed by atoms with Crippen LogP contribution in [0, 0.1) is 5.82 Å². The van der Waals surface area contributed by atoms with E-state index in [1.54, 1.807) is 31.2 Å². The molecule has 0 unspecified atom stereocenters. The average molecular weight is 404 g/mol. The summed E-state index contributed by atoms with van der Waals surface area (Å²) in [4.78, 5) is 12.9. The van der Waals surface area contributed by atoms with Crippen LogP contribution < -0.4 is 20.1 Å². The van der Waals surface area contributed by atoms with Gasteiger partial charge in [0.15, 0.2) is 11.6 Å². The van der Waals surface area contributed by atoms with Crippen molar-refractivity contribution in [1.82, 2.24) is 20.3 Å². The molecule has 3 aromatic rings. The van der Waals surface area contributed by atoms with E-state index in [0.717, 1.165) is 19.5 Å². The Balaban J connectivity index is 1.65. The minimum absolute atomic E-state index is 0.0772. The Kier molecular flexibility index (Phi) is 5.40. The fourth-order valence-corrected chi connectivity index (χ4v) is 3.22. The van der Waals surface area contributed by atoms with Crippen LogP contribution in [0.4, 0.5) is 15.9 Å². The minimum atomic E-state index is -0.621. The number of anilines is 2. The van der Waals surface area contributed by atoms with Gasteiger partial charge >= 0.3 is 0 Å². The van der Waals surface area contributed by atoms with Crippen molar-refractivity contribution >= 4 is 34.1 Å². The summed E-state index contributed by atoms with van der Waals surface area (Å²) in [7, 11) is 0. The molecule has 9 heteroatoms. The SMILES string of the molecule is CCOc1ccc(Nc2ncnc3ccc(O[C@H]4CCNC4)nc23)c(F)c1Cl. The van der Waals surface area contributed by atoms with Gasteiger partial charge in [-0.25, -0.2) is 19.3 Å². The molecule has 4 rings (SSSR count). The molecule has 0 radical (unpaired) electrons. The molecule has 1 aromatic carbocycles. The number of hydrogen-bond acceptors (Lipinski definition) is 7. The molecule has 1 saturated heterocycles. The Morgan fingerprint density at radius 2 is 2.18 bits per heavy atom. The molecule has 1 aliphatic rings. The van der Waals surface area contributed by atoms with Crippen LogP contribution in [0.15, 0.2) is 30.6 Å². The largest absolute Gasteiger partial charge is 0.492 e. The van der Waals surface area contributed by atoms with Crippen LogP contribution in [0.25, 0.3) is 11.0 Å². The molecule has 1 aliphatic heterocycles. The fourth-order valence-electron chi connectivity index (χ4n) is 3.00. The third-order valence-corrected chi connectivity index (χ3v) is 4.71. The van der Waals surface area contributed by atoms with Crippen LogP contribution in [-0.4, -0.2) is 40.8 Å². The lowest BCUT2D eigenvalue weighted by Gasteiger charge is -2.14. The van der Waals surface area contributed by atoms with Crippen molar-refractivity contribution in [3.63, 3.8) is 0 Å². The molecule has 2 aromatic heterocycles. The van der Waals surface area contributed by atoms with Gasteiger partial charge in [0, 0.05) is 12.6 Å². The van der Waals surface area contributed by atoms with E-state index in [1.807, 2.05) is 0 Å². The summed E-state index contributed by atoms with van der Waals surface area (Å²) >= 11 is 6.07. The Morgan fingerprint density at radius 1 is 1.29 bits per heavy atom. The zero-order valence-corrected chi connectivity index (χ0v) is 16.0. The zero-order chi connectivity index (χ0) is 19.5. The molecule has 1 atom stereocenters. The molecule has 3 heterocycles. The molecule has 0 spiro atoms. The first kappa shape index (κ1) is 18.6. The van der Waals surface area contributed by atoms with E-state index in [9.17, 15) is 4.39 Å². The van der Waals surface area contributed by atoms with Crippen molar-refractivity contribution in [3.8, 4) is 11.6 Å². The summed E-state index contributed by atoms with van der Waals surface area (Å²) in [6.07, 6.45) is 2.39. The summed E-state index contributed by atoms with van der Waals surface area (Å²) in [5, 5.41) is 6.11. The standard InChI is InChI=1S/C19H19ClFN5O2/c1-2-27-14-5-3-12(17(21)16(14)20)25-19-18-13(23-10-24-19)4-6-15(26-18)28-11-7-8-22-9-11/h3-6,10-11,22H,2,7-9H2,1H3,(H,23,24,25)/t11-/m0/s1. The Hall–Kier alpha value is -2.71. The number of nitrogens with zero attached hydrogens (tertiary/aromatic N) is 3. The van der Waals surface area contributed by atoms with E-state index in [2.05, 4.69) is 25.6 Å². The van der Waals surface area contributed by atoms with Crippen molar-refractivity contribution in [2.24, 2.45) is 0 Å². The van der Waals surface area contributed by atoms with Gasteiger partial charge in [0.1, 0.15) is 28.7 Å². The van der Waals surface area contributed by atoms with Crippen LogP contribution in [-0.2, 0) is 0 Å². The van der Waals surface area contributed by atoms with Gasteiger partial charge in [-0.05, 0) is 38.1 Å². The van der Waals surface area contributed by atoms with Crippen LogP contribution in [0.1, 0.15) is 13.3 Å². The molecule has 0 bridgehead atoms. The van der Waals surface area contributed by atoms with Crippen LogP contribution in [0.2, 0.25) is 5.02 Å². The van der Waals surface area contributed by atoms with Crippen LogP contribution in [0.5, 0.6) is 11.6 Å². The minimum Gasteiger partial charge on any atom is -0.492 e. The van der Waals surface area contributed by atoms with Gasteiger partial charge in [-0.1, -0.05) is 11.6 Å². The molecule has 1 fully saturated rings. The van der Waals surface area contributed by atoms with Crippen molar-refractivity contribution in [2.75, 3.05) is 25.0 Å². The number of benzene rings is 1. The number of aromatic nitrogens is 3. The lowest BCUT2D eigenvalue weighted by Crippen LogP contribution is -2.20. The van der Waals surface area contributed by atoms with Gasteiger partial charge in [-0.15, -0.1) is 0 Å². The second-order valence-corrected chi connectivity index (χ2v) is 6.65. The van der Waals surface area contributed by atoms with E-state index in [1.165, 1.54) is 6.33 Å². The highest BCUT2D eigenvalue weighted by molar-refractivity contribution is 6.32. The molecule has 0 aliphatic carbocycles. The van der Waals surface area contributed by atoms with Gasteiger partial charge in [0.05, 0.1) is 17.8 Å². The first-order valence-corrected chi connectivity index (χ1v) is 9.40. The normalized spacial score (nSPS) is 16.3. The topological polar surface area (TPSA) is 81.2 Å². The van der Waals surface area contributed by atoms with E-state index >= 15 is 0 Å². The number of ether oxygens (including phenoxy) is 2. The maximum absolute atomic E-state index is 14.7. The predicted octanol–water partition coefficient (Wildman–Crippen LogP) is 3.70. The summed E-state index contributed by atoms with van der Waals surface area (Å²) < 4.78 is 25.9. The number of pyridine rings is 1. The molecule has 2 N–H and O–H groups in total. The van der Waals surface area contributed by atoms with E-state index < -0.39 is 5.82 Å². The van der Waals surface area contributed by atoms with Gasteiger partial charge in [0.2, 0.25) is 5.88 Å². The third kappa shape index (κ3) is 3.79. The second kappa shape index (κ2) is 8.12. The van der Waals surface area contributed by atoms with Crippen molar-refractivity contribution in [3.05, 3.63) is 41.4 Å². The number of halogens is 2. The summed E-state index contributed by atoms with van der Waals surface area (Å²) in [6.45, 7) is 3.91. The predicted molar refractivity (Wildman–Crippen MR) is 105 cm³/mol. The van der Waals surface area contributed by atoms with Gasteiger partial charge in [0.25, 0.3) is 0 Å². The Labute approximate surface area is 166 Å². The molecular weight excluding hydrogens is 385 g/mol. The van der Waals surface area contributed by atoms with Gasteiger partial charge in [-0.2, -0.15) is 0 Å². The molecular formula is C19H19ClFN5O2. The molecule has 0 saturated carbocycles. The lowest BCUT2D eigenvalue weighted by molar-refractivity contribution is 0.215. The first-order chi connectivity index (χ1) is 13.7. The average Bonchev–Trinajstić information content (AvgIpc) is 3.21. The van der Waals surface area contributed by atoms with Crippen molar-refractivity contribution in [2.45, 2.75) is 19.4 Å². The first-order valence-electron chi connectivity index (χ1n) is 9.02. The van der Waals surface area contributed by atoms with Crippen molar-refractivity contribution < 1.29 is 13.9 Å². The van der Waals surface area contributed by atoms with Crippen molar-refractivity contribution in [1.29, 1.82) is 0 Å². The number of hydrogen-bond donors (Lipinski definition) is 2. The summed E-state index contributed by atoms with van der Waals surface area (Å²) in [6, 6.07) is 6.72. The lowest BCUT2D eigenvalue weighted by atomic mass is 10.2. The molecule has 0 amide bonds. The highest BCUT2D eigenvalue weighted by Crippen LogP contribution is 2.34. The summed E-state index contributed by atoms with van der Waals surface area (Å²) in [5.74, 6) is 0.505. The van der Waals surface area contributed by atoms with E-state index in [4.69, 9.17) is 21.1 Å². The molecule has 146 valence electrons. The Morgan fingerprint density at radius 3 is 2.96 bits per heavy atom. The highest BCUT2D eigenvalue weighted by Gasteiger charge is 2.18. The maximum Gasteiger partial charge on any atom is 0.214 e. The monoisotopic (exact) mass is 403 g/mol. The smallest absolute Gasteiger partial charge is 0.214 e. The zero-order valence-electron chi connectivity index (χ0n) is 15.2. The fraction of sp³-hybridized carbons (Fsp3) is 0.316. The number of fused-ring (bicyclic) bond motifs is 1. The highest BCUT2D eigenvalue weighted by atomic mass is 35.5. The van der Waals surface area contributed by atoms with Gasteiger partial charge in [-0.3, -0.25) is 0 Å². The van der Waals surface area contributed by atoms with Crippen LogP contribution in [0.3, 0.4) is 0 Å². The van der Waals surface area contributed by atoms with E-state index in [0.29, 0.717) is 35.1 Å². The third-order valence-electron chi connectivity index (χ3n) is 4.36. The molecule has 7 nitrogen and oxygen atoms in total. The van der Waals surface area contributed by atoms with E-state index in [-0.39, 0.29) is 16.8 Å². The van der Waals surface area contributed by atoms with Gasteiger partial charge < -0.3 is 20.1 Å². The summed E-state index contributed by atoms with van der Waals surface area (Å²) in [5.41, 5.74) is 1.27. The maximum atomic E-state index is 14.7. The second-order valence-electron chi connectivity index (χ2n) is 6.27. The Bertz CT molecular complexity index is 997. The van der Waals surface area contributed by atoms with Crippen LogP contribution >= 0.6 is 11.6 Å².